The number of aryl methyl sites for hydroxylation is 2. The topological polar surface area (TPSA) is 110 Å². The number of amides is 1. The smallest absolute Gasteiger partial charge is 0.226 e. The molecular formula is C20H24N6O3. The number of H-pyrrole nitrogens is 1. The predicted molar refractivity (Wildman–Crippen MR) is 104 cm³/mol. The molecule has 3 aromatic rings. The molecule has 0 unspecified atom stereocenters. The van der Waals surface area contributed by atoms with Gasteiger partial charge >= 0.3 is 0 Å². The highest BCUT2D eigenvalue weighted by molar-refractivity contribution is 5.76. The monoisotopic (exact) mass is 396 g/mol. The Morgan fingerprint density at radius 3 is 3.07 bits per heavy atom. The zero-order chi connectivity index (χ0) is 20.2. The standard InChI is InChI=1S/C20H24N6O3/c1-13-21-20(24-23-13)16-8-5-11-26(16)18(27)10-4-9-17-22-19(25-29-17)14-6-3-7-15(12-14)28-2/h3,6-7,12,16H,4-5,8-11H2,1-2H3,(H,21,23,24)/t16-/m1/s1. The van der Waals surface area contributed by atoms with Crippen LogP contribution in [-0.4, -0.2) is 49.8 Å². The molecule has 2 aromatic heterocycles. The van der Waals surface area contributed by atoms with E-state index in [2.05, 4.69) is 25.3 Å². The highest BCUT2D eigenvalue weighted by Crippen LogP contribution is 2.30. The minimum atomic E-state index is -0.0319. The summed E-state index contributed by atoms with van der Waals surface area (Å²) >= 11 is 0. The number of likely N-dealkylation sites (tertiary alicyclic amines) is 1. The van der Waals surface area contributed by atoms with E-state index in [1.807, 2.05) is 36.1 Å². The molecule has 3 heterocycles. The van der Waals surface area contributed by atoms with E-state index >= 15 is 0 Å². The molecule has 0 aliphatic carbocycles. The van der Waals surface area contributed by atoms with Crippen molar-refractivity contribution in [1.82, 2.24) is 30.2 Å². The van der Waals surface area contributed by atoms with Crippen molar-refractivity contribution in [3.63, 3.8) is 0 Å². The van der Waals surface area contributed by atoms with Crippen LogP contribution in [0.1, 0.15) is 49.3 Å². The number of nitrogens with one attached hydrogen (secondary N) is 1. The quantitative estimate of drug-likeness (QED) is 0.654. The molecule has 1 amide bonds. The van der Waals surface area contributed by atoms with E-state index in [0.717, 1.165) is 36.5 Å². The van der Waals surface area contributed by atoms with Gasteiger partial charge in [-0.25, -0.2) is 4.98 Å². The van der Waals surface area contributed by atoms with Crippen molar-refractivity contribution in [2.45, 2.75) is 45.1 Å². The predicted octanol–water partition coefficient (Wildman–Crippen LogP) is 2.86. The number of benzene rings is 1. The van der Waals surface area contributed by atoms with E-state index in [0.29, 0.717) is 36.8 Å². The maximum absolute atomic E-state index is 12.7. The Bertz CT molecular complexity index is 982. The molecular weight excluding hydrogens is 372 g/mol. The van der Waals surface area contributed by atoms with Gasteiger partial charge in [0, 0.05) is 24.9 Å². The molecule has 1 saturated heterocycles. The highest BCUT2D eigenvalue weighted by atomic mass is 16.5. The number of hydrogen-bond donors (Lipinski definition) is 1. The molecule has 1 N–H and O–H groups in total. The number of nitrogens with zero attached hydrogens (tertiary/aromatic N) is 5. The Morgan fingerprint density at radius 2 is 2.28 bits per heavy atom. The van der Waals surface area contributed by atoms with Crippen LogP contribution in [-0.2, 0) is 11.2 Å². The molecule has 1 atom stereocenters. The minimum absolute atomic E-state index is 0.0319. The van der Waals surface area contributed by atoms with Crippen LogP contribution in [0.15, 0.2) is 28.8 Å². The fourth-order valence-electron chi connectivity index (χ4n) is 3.61. The Labute approximate surface area is 168 Å². The lowest BCUT2D eigenvalue weighted by Crippen LogP contribution is -2.31. The molecule has 4 rings (SSSR count). The fraction of sp³-hybridized carbons (Fsp3) is 0.450. The number of aromatic amines is 1. The summed E-state index contributed by atoms with van der Waals surface area (Å²) in [6.07, 6.45) is 3.50. The number of hydrogen-bond acceptors (Lipinski definition) is 7. The number of carbonyl (C=O) groups is 1. The summed E-state index contributed by atoms with van der Waals surface area (Å²) in [7, 11) is 1.62. The van der Waals surface area contributed by atoms with Gasteiger partial charge in [-0.3, -0.25) is 9.89 Å². The van der Waals surface area contributed by atoms with Crippen molar-refractivity contribution in [1.29, 1.82) is 0 Å². The maximum Gasteiger partial charge on any atom is 0.226 e. The SMILES string of the molecule is COc1cccc(-c2noc(CCCC(=O)N3CCC[C@@H]3c3n[nH]c(C)n3)n2)c1. The van der Waals surface area contributed by atoms with Crippen molar-refractivity contribution in [3.05, 3.63) is 41.8 Å². The van der Waals surface area contributed by atoms with Gasteiger partial charge in [0.25, 0.3) is 0 Å². The van der Waals surface area contributed by atoms with Crippen LogP contribution in [0.2, 0.25) is 0 Å². The van der Waals surface area contributed by atoms with Crippen molar-refractivity contribution < 1.29 is 14.1 Å². The van der Waals surface area contributed by atoms with Crippen LogP contribution in [0.4, 0.5) is 0 Å². The normalized spacial score (nSPS) is 16.3. The highest BCUT2D eigenvalue weighted by Gasteiger charge is 2.32. The van der Waals surface area contributed by atoms with E-state index in [1.165, 1.54) is 0 Å². The third-order valence-corrected chi connectivity index (χ3v) is 5.06. The summed E-state index contributed by atoms with van der Waals surface area (Å²) in [6, 6.07) is 7.47. The van der Waals surface area contributed by atoms with Crippen LogP contribution in [0.25, 0.3) is 11.4 Å². The third kappa shape index (κ3) is 4.28. The molecule has 9 nitrogen and oxygen atoms in total. The summed E-state index contributed by atoms with van der Waals surface area (Å²) in [6.45, 7) is 2.61. The van der Waals surface area contributed by atoms with E-state index in [1.54, 1.807) is 7.11 Å². The Balaban J connectivity index is 1.32. The molecule has 0 saturated carbocycles. The first-order chi connectivity index (χ1) is 14.1. The van der Waals surface area contributed by atoms with Gasteiger partial charge in [0.05, 0.1) is 13.2 Å². The average molecular weight is 396 g/mol. The summed E-state index contributed by atoms with van der Waals surface area (Å²) in [5.74, 6) is 3.36. The van der Waals surface area contributed by atoms with Gasteiger partial charge in [-0.1, -0.05) is 17.3 Å². The van der Waals surface area contributed by atoms with E-state index in [9.17, 15) is 4.79 Å². The number of rotatable bonds is 7. The summed E-state index contributed by atoms with van der Waals surface area (Å²) < 4.78 is 10.6. The lowest BCUT2D eigenvalue weighted by molar-refractivity contribution is -0.132. The molecule has 1 aliphatic heterocycles. The lowest BCUT2D eigenvalue weighted by atomic mass is 10.1. The van der Waals surface area contributed by atoms with Crippen LogP contribution in [0, 0.1) is 6.92 Å². The zero-order valence-corrected chi connectivity index (χ0v) is 16.6. The van der Waals surface area contributed by atoms with Crippen molar-refractivity contribution >= 4 is 5.91 Å². The zero-order valence-electron chi connectivity index (χ0n) is 16.6. The van der Waals surface area contributed by atoms with E-state index in [4.69, 9.17) is 9.26 Å². The van der Waals surface area contributed by atoms with Gasteiger partial charge in [-0.15, -0.1) is 0 Å². The second kappa shape index (κ2) is 8.42. The molecule has 1 aliphatic rings. The first-order valence-electron chi connectivity index (χ1n) is 9.79. The molecule has 0 spiro atoms. The number of ether oxygens (including phenoxy) is 1. The van der Waals surface area contributed by atoms with Gasteiger partial charge in [0.1, 0.15) is 11.6 Å². The van der Waals surface area contributed by atoms with E-state index in [-0.39, 0.29) is 11.9 Å². The second-order valence-electron chi connectivity index (χ2n) is 7.12. The van der Waals surface area contributed by atoms with Crippen LogP contribution < -0.4 is 4.74 Å². The molecule has 9 heteroatoms. The van der Waals surface area contributed by atoms with Crippen LogP contribution >= 0.6 is 0 Å². The molecule has 1 aromatic carbocycles. The molecule has 1 fully saturated rings. The number of methoxy groups -OCH3 is 1. The maximum atomic E-state index is 12.7. The third-order valence-electron chi connectivity index (χ3n) is 5.06. The average Bonchev–Trinajstić information content (AvgIpc) is 3.48. The fourth-order valence-corrected chi connectivity index (χ4v) is 3.61. The van der Waals surface area contributed by atoms with Gasteiger partial charge in [0.15, 0.2) is 5.82 Å². The summed E-state index contributed by atoms with van der Waals surface area (Å²) in [5, 5.41) is 11.1. The Hall–Kier alpha value is -3.23. The Kier molecular flexibility index (Phi) is 5.55. The molecule has 0 radical (unpaired) electrons. The summed E-state index contributed by atoms with van der Waals surface area (Å²) in [5.41, 5.74) is 0.831. The molecule has 0 bridgehead atoms. The van der Waals surface area contributed by atoms with Crippen molar-refractivity contribution in [2.75, 3.05) is 13.7 Å². The first kappa shape index (κ1) is 19.1. The molecule has 152 valence electrons. The first-order valence-corrected chi connectivity index (χ1v) is 9.79. The number of aromatic nitrogens is 5. The van der Waals surface area contributed by atoms with E-state index < -0.39 is 0 Å². The van der Waals surface area contributed by atoms with Crippen LogP contribution in [0.5, 0.6) is 5.75 Å². The van der Waals surface area contributed by atoms with Gasteiger partial charge in [-0.2, -0.15) is 10.1 Å². The largest absolute Gasteiger partial charge is 0.497 e. The molecule has 29 heavy (non-hydrogen) atoms. The number of carbonyl (C=O) groups excluding carboxylic acids is 1. The van der Waals surface area contributed by atoms with Gasteiger partial charge in [-0.05, 0) is 38.3 Å². The van der Waals surface area contributed by atoms with Gasteiger partial charge < -0.3 is 14.2 Å². The van der Waals surface area contributed by atoms with Gasteiger partial charge in [0.2, 0.25) is 17.6 Å². The Morgan fingerprint density at radius 1 is 1.38 bits per heavy atom. The second-order valence-corrected chi connectivity index (χ2v) is 7.12. The minimum Gasteiger partial charge on any atom is -0.497 e. The van der Waals surface area contributed by atoms with Crippen LogP contribution in [0.3, 0.4) is 0 Å². The summed E-state index contributed by atoms with van der Waals surface area (Å²) in [4.78, 5) is 23.4. The van der Waals surface area contributed by atoms with Crippen molar-refractivity contribution in [2.24, 2.45) is 0 Å². The van der Waals surface area contributed by atoms with Crippen molar-refractivity contribution in [3.8, 4) is 17.1 Å². The lowest BCUT2D eigenvalue weighted by Gasteiger charge is -2.22.